The fraction of sp³-hybridized carbons (Fsp3) is 0.0909. The first-order chi connectivity index (χ1) is 13.5. The minimum absolute atomic E-state index is 0.0471. The summed E-state index contributed by atoms with van der Waals surface area (Å²) in [4.78, 5) is 25.3. The maximum absolute atomic E-state index is 12.7. The largest absolute Gasteiger partial charge is 0.345 e. The standard InChI is InChI=1S/C22H18Cl2N2O2/c23-17-11-5-4-10-16(17)22(28)26-20(15-8-2-1-3-9-15)14-21(27)25-19-13-7-6-12-18(19)24/h1-13,20H,14H2,(H,25,27)(H,26,28). The third-order valence-corrected chi connectivity index (χ3v) is 4.82. The van der Waals surface area contributed by atoms with E-state index >= 15 is 0 Å². The van der Waals surface area contributed by atoms with Crippen LogP contribution in [0.3, 0.4) is 0 Å². The molecule has 0 heterocycles. The van der Waals surface area contributed by atoms with Crippen molar-refractivity contribution in [2.24, 2.45) is 0 Å². The Morgan fingerprint density at radius 1 is 0.786 bits per heavy atom. The molecule has 28 heavy (non-hydrogen) atoms. The number of rotatable bonds is 6. The number of nitrogens with one attached hydrogen (secondary N) is 2. The van der Waals surface area contributed by atoms with Crippen LogP contribution in [0.5, 0.6) is 0 Å². The lowest BCUT2D eigenvalue weighted by atomic mass is 10.0. The van der Waals surface area contributed by atoms with Gasteiger partial charge in [0.2, 0.25) is 5.91 Å². The highest BCUT2D eigenvalue weighted by Crippen LogP contribution is 2.23. The summed E-state index contributed by atoms with van der Waals surface area (Å²) in [5.41, 5.74) is 1.70. The molecule has 3 rings (SSSR count). The number of carbonyl (C=O) groups excluding carboxylic acids is 2. The summed E-state index contributed by atoms with van der Waals surface area (Å²) < 4.78 is 0. The highest BCUT2D eigenvalue weighted by molar-refractivity contribution is 6.34. The zero-order valence-corrected chi connectivity index (χ0v) is 16.4. The van der Waals surface area contributed by atoms with Gasteiger partial charge >= 0.3 is 0 Å². The van der Waals surface area contributed by atoms with Crippen LogP contribution < -0.4 is 10.6 Å². The first-order valence-electron chi connectivity index (χ1n) is 8.69. The Bertz CT molecular complexity index is 977. The molecule has 3 aromatic rings. The molecule has 1 unspecified atom stereocenters. The van der Waals surface area contributed by atoms with E-state index in [2.05, 4.69) is 10.6 Å². The lowest BCUT2D eigenvalue weighted by Gasteiger charge is -2.19. The summed E-state index contributed by atoms with van der Waals surface area (Å²) in [6.45, 7) is 0. The van der Waals surface area contributed by atoms with Gasteiger partial charge in [0.15, 0.2) is 0 Å². The van der Waals surface area contributed by atoms with Crippen molar-refractivity contribution < 1.29 is 9.59 Å². The van der Waals surface area contributed by atoms with Crippen molar-refractivity contribution in [1.29, 1.82) is 0 Å². The fourth-order valence-electron chi connectivity index (χ4n) is 2.77. The molecule has 0 spiro atoms. The Balaban J connectivity index is 1.78. The first kappa shape index (κ1) is 19.9. The Labute approximate surface area is 173 Å². The molecule has 0 saturated heterocycles. The average molecular weight is 413 g/mol. The molecule has 142 valence electrons. The second-order valence-electron chi connectivity index (χ2n) is 6.15. The van der Waals surface area contributed by atoms with Gasteiger partial charge in [-0.2, -0.15) is 0 Å². The van der Waals surface area contributed by atoms with Gasteiger partial charge in [-0.15, -0.1) is 0 Å². The van der Waals surface area contributed by atoms with Gasteiger partial charge in [0, 0.05) is 0 Å². The maximum atomic E-state index is 12.7. The van der Waals surface area contributed by atoms with E-state index in [0.717, 1.165) is 5.56 Å². The number of halogens is 2. The molecule has 0 aromatic heterocycles. The van der Waals surface area contributed by atoms with Crippen molar-refractivity contribution in [3.63, 3.8) is 0 Å². The smallest absolute Gasteiger partial charge is 0.253 e. The number of para-hydroxylation sites is 1. The fourth-order valence-corrected chi connectivity index (χ4v) is 3.17. The van der Waals surface area contributed by atoms with Gasteiger partial charge in [-0.3, -0.25) is 9.59 Å². The molecule has 4 nitrogen and oxygen atoms in total. The molecule has 0 saturated carbocycles. The summed E-state index contributed by atoms with van der Waals surface area (Å²) >= 11 is 12.2. The van der Waals surface area contributed by atoms with Crippen LogP contribution in [-0.2, 0) is 4.79 Å². The third kappa shape index (κ3) is 5.12. The van der Waals surface area contributed by atoms with Crippen molar-refractivity contribution in [2.45, 2.75) is 12.5 Å². The summed E-state index contributed by atoms with van der Waals surface area (Å²) in [6, 6.07) is 22.6. The molecule has 0 bridgehead atoms. The van der Waals surface area contributed by atoms with Crippen molar-refractivity contribution in [1.82, 2.24) is 5.32 Å². The van der Waals surface area contributed by atoms with Gasteiger partial charge in [0.25, 0.3) is 5.91 Å². The van der Waals surface area contributed by atoms with Gasteiger partial charge < -0.3 is 10.6 Å². The zero-order chi connectivity index (χ0) is 19.9. The first-order valence-corrected chi connectivity index (χ1v) is 9.45. The predicted molar refractivity (Wildman–Crippen MR) is 113 cm³/mol. The van der Waals surface area contributed by atoms with Gasteiger partial charge in [-0.05, 0) is 29.8 Å². The number of anilines is 1. The van der Waals surface area contributed by atoms with Crippen LogP contribution in [0.15, 0.2) is 78.9 Å². The molecule has 0 aliphatic heterocycles. The summed E-state index contributed by atoms with van der Waals surface area (Å²) in [5.74, 6) is -0.605. The molecule has 6 heteroatoms. The molecule has 2 N–H and O–H groups in total. The zero-order valence-electron chi connectivity index (χ0n) is 14.9. The third-order valence-electron chi connectivity index (χ3n) is 4.16. The van der Waals surface area contributed by atoms with E-state index in [-0.39, 0.29) is 18.2 Å². The van der Waals surface area contributed by atoms with E-state index in [0.29, 0.717) is 21.3 Å². The van der Waals surface area contributed by atoms with Crippen LogP contribution in [0.2, 0.25) is 10.0 Å². The molecule has 0 aliphatic rings. The lowest BCUT2D eigenvalue weighted by molar-refractivity contribution is -0.116. The summed E-state index contributed by atoms with van der Waals surface area (Å²) in [7, 11) is 0. The Morgan fingerprint density at radius 3 is 2.07 bits per heavy atom. The van der Waals surface area contributed by atoms with E-state index in [4.69, 9.17) is 23.2 Å². The second-order valence-corrected chi connectivity index (χ2v) is 6.96. The molecule has 0 aliphatic carbocycles. The molecular formula is C22H18Cl2N2O2. The van der Waals surface area contributed by atoms with Crippen molar-refractivity contribution in [2.75, 3.05) is 5.32 Å². The monoisotopic (exact) mass is 412 g/mol. The van der Waals surface area contributed by atoms with Crippen molar-refractivity contribution in [3.8, 4) is 0 Å². The van der Waals surface area contributed by atoms with Crippen LogP contribution in [-0.4, -0.2) is 11.8 Å². The van der Waals surface area contributed by atoms with Crippen molar-refractivity contribution in [3.05, 3.63) is 100 Å². The average Bonchev–Trinajstić information content (AvgIpc) is 2.70. The quantitative estimate of drug-likeness (QED) is 0.561. The number of hydrogen-bond acceptors (Lipinski definition) is 2. The van der Waals surface area contributed by atoms with Crippen LogP contribution in [0.1, 0.15) is 28.4 Å². The van der Waals surface area contributed by atoms with Crippen LogP contribution in [0.4, 0.5) is 5.69 Å². The molecule has 2 amide bonds. The van der Waals surface area contributed by atoms with E-state index < -0.39 is 6.04 Å². The molecule has 1 atom stereocenters. The maximum Gasteiger partial charge on any atom is 0.253 e. The highest BCUT2D eigenvalue weighted by Gasteiger charge is 2.20. The van der Waals surface area contributed by atoms with E-state index in [1.54, 1.807) is 48.5 Å². The molecule has 3 aromatic carbocycles. The Morgan fingerprint density at radius 2 is 1.39 bits per heavy atom. The van der Waals surface area contributed by atoms with Crippen LogP contribution in [0, 0.1) is 0 Å². The minimum Gasteiger partial charge on any atom is -0.345 e. The van der Waals surface area contributed by atoms with Gasteiger partial charge in [-0.1, -0.05) is 77.8 Å². The number of carbonyl (C=O) groups is 2. The number of hydrogen-bond donors (Lipinski definition) is 2. The number of amides is 2. The van der Waals surface area contributed by atoms with Gasteiger partial charge in [0.1, 0.15) is 0 Å². The lowest BCUT2D eigenvalue weighted by Crippen LogP contribution is -2.31. The second kappa shape index (κ2) is 9.40. The summed E-state index contributed by atoms with van der Waals surface area (Å²) in [6.07, 6.45) is 0.0471. The Hall–Kier alpha value is -2.82. The van der Waals surface area contributed by atoms with Gasteiger partial charge in [0.05, 0.1) is 33.8 Å². The van der Waals surface area contributed by atoms with Crippen LogP contribution in [0.25, 0.3) is 0 Å². The number of benzene rings is 3. The molecule has 0 radical (unpaired) electrons. The van der Waals surface area contributed by atoms with Gasteiger partial charge in [-0.25, -0.2) is 0 Å². The molecular weight excluding hydrogens is 395 g/mol. The van der Waals surface area contributed by atoms with E-state index in [1.165, 1.54) is 0 Å². The SMILES string of the molecule is O=C(CC(NC(=O)c1ccccc1Cl)c1ccccc1)Nc1ccccc1Cl. The minimum atomic E-state index is -0.521. The van der Waals surface area contributed by atoms with E-state index in [9.17, 15) is 9.59 Å². The Kier molecular flexibility index (Phi) is 6.69. The topological polar surface area (TPSA) is 58.2 Å². The molecule has 0 fully saturated rings. The predicted octanol–water partition coefficient (Wildman–Crippen LogP) is 5.49. The van der Waals surface area contributed by atoms with E-state index in [1.807, 2.05) is 30.3 Å². The highest BCUT2D eigenvalue weighted by atomic mass is 35.5. The van der Waals surface area contributed by atoms with Crippen molar-refractivity contribution >= 4 is 40.7 Å². The summed E-state index contributed by atoms with van der Waals surface area (Å²) in [5, 5.41) is 6.50. The van der Waals surface area contributed by atoms with Crippen LogP contribution >= 0.6 is 23.2 Å². The normalized spacial score (nSPS) is 11.5.